The molecule has 0 bridgehead atoms. The number of rotatable bonds is 4. The van der Waals surface area contributed by atoms with Crippen LogP contribution in [0, 0.1) is 0 Å². The summed E-state index contributed by atoms with van der Waals surface area (Å²) in [5.74, 6) is -0.212. The van der Waals surface area contributed by atoms with Crippen LogP contribution in [-0.4, -0.2) is 23.9 Å². The molecule has 1 N–H and O–H groups in total. The molecule has 6 heteroatoms. The van der Waals surface area contributed by atoms with Crippen LogP contribution in [0.1, 0.15) is 36.0 Å². The molecule has 1 aromatic rings. The second-order valence-corrected chi connectivity index (χ2v) is 5.34. The number of hydrogen-bond acceptors (Lipinski definition) is 2. The summed E-state index contributed by atoms with van der Waals surface area (Å²) in [5.41, 5.74) is 0.404. The standard InChI is InChI=1S/C14H16ClF2NO2/c15-11-3-1-2-4-12(11)18-13(19)9-5-7-10(8-6-9)20-14(16)17/h5-8,11-12,14H,1-4H2,(H,18,19). The number of nitrogens with one attached hydrogen (secondary N) is 1. The SMILES string of the molecule is O=C(NC1CCCCC1Cl)c1ccc(OC(F)F)cc1. The highest BCUT2D eigenvalue weighted by Crippen LogP contribution is 2.23. The fourth-order valence-electron chi connectivity index (χ4n) is 2.29. The largest absolute Gasteiger partial charge is 0.435 e. The lowest BCUT2D eigenvalue weighted by Crippen LogP contribution is -2.42. The molecule has 3 nitrogen and oxygen atoms in total. The molecule has 1 fully saturated rings. The summed E-state index contributed by atoms with van der Waals surface area (Å²) in [6, 6.07) is 5.58. The number of carbonyl (C=O) groups is 1. The topological polar surface area (TPSA) is 38.3 Å². The Bertz CT molecular complexity index is 453. The summed E-state index contributed by atoms with van der Waals surface area (Å²) in [6.45, 7) is -2.87. The van der Waals surface area contributed by atoms with Crippen LogP contribution in [0.15, 0.2) is 24.3 Å². The van der Waals surface area contributed by atoms with E-state index in [4.69, 9.17) is 11.6 Å². The van der Waals surface area contributed by atoms with Gasteiger partial charge in [0.05, 0.1) is 5.38 Å². The second-order valence-electron chi connectivity index (χ2n) is 4.78. The number of carbonyl (C=O) groups excluding carboxylic acids is 1. The van der Waals surface area contributed by atoms with Crippen LogP contribution in [0.4, 0.5) is 8.78 Å². The third kappa shape index (κ3) is 4.07. The zero-order chi connectivity index (χ0) is 14.5. The predicted molar refractivity (Wildman–Crippen MR) is 72.4 cm³/mol. The molecule has 0 aromatic heterocycles. The minimum atomic E-state index is -2.87. The molecule has 0 saturated heterocycles. The Labute approximate surface area is 121 Å². The number of ether oxygens (including phenoxy) is 1. The lowest BCUT2D eigenvalue weighted by Gasteiger charge is -2.27. The highest BCUT2D eigenvalue weighted by Gasteiger charge is 2.24. The number of amides is 1. The average molecular weight is 304 g/mol. The maximum absolute atomic E-state index is 12.0. The lowest BCUT2D eigenvalue weighted by atomic mass is 9.94. The summed E-state index contributed by atoms with van der Waals surface area (Å²) < 4.78 is 28.3. The number of halogens is 3. The third-order valence-corrected chi connectivity index (χ3v) is 3.86. The van der Waals surface area contributed by atoms with Gasteiger partial charge in [-0.2, -0.15) is 8.78 Å². The monoisotopic (exact) mass is 303 g/mol. The first kappa shape index (κ1) is 15.0. The molecule has 1 amide bonds. The van der Waals surface area contributed by atoms with E-state index in [2.05, 4.69) is 10.1 Å². The molecule has 0 spiro atoms. The highest BCUT2D eigenvalue weighted by atomic mass is 35.5. The molecular weight excluding hydrogens is 288 g/mol. The van der Waals surface area contributed by atoms with Gasteiger partial charge in [0.25, 0.3) is 5.91 Å². The fourth-order valence-corrected chi connectivity index (χ4v) is 2.63. The number of alkyl halides is 3. The quantitative estimate of drug-likeness (QED) is 0.864. The molecule has 110 valence electrons. The Morgan fingerprint density at radius 1 is 1.25 bits per heavy atom. The van der Waals surface area contributed by atoms with E-state index in [1.807, 2.05) is 0 Å². The molecular formula is C14H16ClF2NO2. The van der Waals surface area contributed by atoms with E-state index < -0.39 is 6.61 Å². The number of benzene rings is 1. The third-order valence-electron chi connectivity index (χ3n) is 3.34. The van der Waals surface area contributed by atoms with Crippen LogP contribution in [0.2, 0.25) is 0 Å². The molecule has 1 aromatic carbocycles. The second kappa shape index (κ2) is 6.88. The maximum Gasteiger partial charge on any atom is 0.387 e. The van der Waals surface area contributed by atoms with Gasteiger partial charge in [-0.25, -0.2) is 0 Å². The minimum Gasteiger partial charge on any atom is -0.435 e. The first-order valence-corrected chi connectivity index (χ1v) is 6.99. The van der Waals surface area contributed by atoms with Crippen molar-refractivity contribution < 1.29 is 18.3 Å². The fraction of sp³-hybridized carbons (Fsp3) is 0.500. The van der Waals surface area contributed by atoms with Crippen LogP contribution in [0.5, 0.6) is 5.75 Å². The Balaban J connectivity index is 1.95. The van der Waals surface area contributed by atoms with E-state index >= 15 is 0 Å². The van der Waals surface area contributed by atoms with E-state index in [0.717, 1.165) is 25.7 Å². The zero-order valence-electron chi connectivity index (χ0n) is 10.8. The van der Waals surface area contributed by atoms with E-state index in [9.17, 15) is 13.6 Å². The molecule has 0 aliphatic heterocycles. The predicted octanol–water partition coefficient (Wildman–Crippen LogP) is 3.57. The van der Waals surface area contributed by atoms with Gasteiger partial charge in [-0.15, -0.1) is 11.6 Å². The molecule has 1 aliphatic carbocycles. The van der Waals surface area contributed by atoms with Crippen LogP contribution in [-0.2, 0) is 0 Å². The summed E-state index contributed by atoms with van der Waals surface area (Å²) in [7, 11) is 0. The average Bonchev–Trinajstić information content (AvgIpc) is 2.41. The molecule has 1 saturated carbocycles. The van der Waals surface area contributed by atoms with Crippen molar-refractivity contribution in [2.24, 2.45) is 0 Å². The Hall–Kier alpha value is -1.36. The van der Waals surface area contributed by atoms with Crippen LogP contribution in [0.25, 0.3) is 0 Å². The first-order chi connectivity index (χ1) is 9.56. The van der Waals surface area contributed by atoms with Gasteiger partial charge in [0, 0.05) is 11.6 Å². The molecule has 20 heavy (non-hydrogen) atoms. The van der Waals surface area contributed by atoms with Crippen molar-refractivity contribution in [3.63, 3.8) is 0 Å². The minimum absolute atomic E-state index is 0.0319. The van der Waals surface area contributed by atoms with Crippen LogP contribution < -0.4 is 10.1 Å². The summed E-state index contributed by atoms with van der Waals surface area (Å²) in [5, 5.41) is 2.84. The zero-order valence-corrected chi connectivity index (χ0v) is 11.6. The van der Waals surface area contributed by atoms with Crippen molar-refractivity contribution in [1.82, 2.24) is 5.32 Å². The maximum atomic E-state index is 12.0. The Kier molecular flexibility index (Phi) is 5.17. The normalized spacial score (nSPS) is 22.6. The Morgan fingerprint density at radius 3 is 2.50 bits per heavy atom. The van der Waals surface area contributed by atoms with E-state index in [1.165, 1.54) is 24.3 Å². The van der Waals surface area contributed by atoms with Crippen molar-refractivity contribution in [2.75, 3.05) is 0 Å². The van der Waals surface area contributed by atoms with Crippen molar-refractivity contribution in [2.45, 2.75) is 43.7 Å². The van der Waals surface area contributed by atoms with Gasteiger partial charge in [-0.3, -0.25) is 4.79 Å². The highest BCUT2D eigenvalue weighted by molar-refractivity contribution is 6.21. The van der Waals surface area contributed by atoms with Crippen molar-refractivity contribution in [3.05, 3.63) is 29.8 Å². The van der Waals surface area contributed by atoms with Gasteiger partial charge < -0.3 is 10.1 Å². The molecule has 2 atom stereocenters. The van der Waals surface area contributed by atoms with Gasteiger partial charge >= 0.3 is 6.61 Å². The molecule has 0 radical (unpaired) electrons. The van der Waals surface area contributed by atoms with Crippen molar-refractivity contribution >= 4 is 17.5 Å². The Morgan fingerprint density at radius 2 is 1.90 bits per heavy atom. The van der Waals surface area contributed by atoms with Gasteiger partial charge in [0.15, 0.2) is 0 Å². The lowest BCUT2D eigenvalue weighted by molar-refractivity contribution is -0.0498. The molecule has 1 aliphatic rings. The molecule has 2 unspecified atom stereocenters. The summed E-state index contributed by atoms with van der Waals surface area (Å²) in [4.78, 5) is 12.0. The van der Waals surface area contributed by atoms with E-state index in [-0.39, 0.29) is 23.1 Å². The van der Waals surface area contributed by atoms with Gasteiger partial charge in [0.2, 0.25) is 0 Å². The van der Waals surface area contributed by atoms with Crippen LogP contribution in [0.3, 0.4) is 0 Å². The van der Waals surface area contributed by atoms with Gasteiger partial charge in [-0.05, 0) is 37.1 Å². The van der Waals surface area contributed by atoms with Crippen molar-refractivity contribution in [3.8, 4) is 5.75 Å². The molecule has 0 heterocycles. The smallest absolute Gasteiger partial charge is 0.387 e. The van der Waals surface area contributed by atoms with Crippen LogP contribution >= 0.6 is 11.6 Å². The summed E-state index contributed by atoms with van der Waals surface area (Å²) >= 11 is 6.18. The summed E-state index contributed by atoms with van der Waals surface area (Å²) in [6.07, 6.45) is 3.90. The molecule has 2 rings (SSSR count). The van der Waals surface area contributed by atoms with E-state index in [1.54, 1.807) is 0 Å². The first-order valence-electron chi connectivity index (χ1n) is 6.56. The van der Waals surface area contributed by atoms with Gasteiger partial charge in [0.1, 0.15) is 5.75 Å². The number of hydrogen-bond donors (Lipinski definition) is 1. The van der Waals surface area contributed by atoms with Crippen molar-refractivity contribution in [1.29, 1.82) is 0 Å². The van der Waals surface area contributed by atoms with Gasteiger partial charge in [-0.1, -0.05) is 12.8 Å². The van der Waals surface area contributed by atoms with E-state index in [0.29, 0.717) is 5.56 Å².